The molecule has 1 heterocycles. The number of carbonyl (C=O) groups excluding carboxylic acids is 1. The molecule has 0 spiro atoms. The normalized spacial score (nSPS) is 13.6. The molecule has 0 fully saturated rings. The zero-order valence-corrected chi connectivity index (χ0v) is 10.8. The van der Waals surface area contributed by atoms with E-state index in [0.717, 1.165) is 35.7 Å². The van der Waals surface area contributed by atoms with Crippen molar-refractivity contribution in [3.63, 3.8) is 0 Å². The summed E-state index contributed by atoms with van der Waals surface area (Å²) in [6.07, 6.45) is 2.88. The lowest BCUT2D eigenvalue weighted by atomic mass is 10.1. The molecule has 3 rings (SSSR count). The highest BCUT2D eigenvalue weighted by atomic mass is 16.5. The Bertz CT molecular complexity index is 619. The van der Waals surface area contributed by atoms with Crippen LogP contribution in [0.2, 0.25) is 0 Å². The van der Waals surface area contributed by atoms with E-state index >= 15 is 0 Å². The predicted octanol–water partition coefficient (Wildman–Crippen LogP) is 2.01. The Morgan fingerprint density at radius 3 is 3.11 bits per heavy atom. The molecule has 1 aromatic carbocycles. The highest BCUT2D eigenvalue weighted by Crippen LogP contribution is 2.30. The van der Waals surface area contributed by atoms with Gasteiger partial charge in [0, 0.05) is 24.1 Å². The number of aryl methyl sites for hydroxylation is 1. The molecule has 19 heavy (non-hydrogen) atoms. The molecule has 0 saturated heterocycles. The van der Waals surface area contributed by atoms with E-state index in [-0.39, 0.29) is 5.78 Å². The number of benzene rings is 1. The smallest absolute Gasteiger partial charge is 0.164 e. The summed E-state index contributed by atoms with van der Waals surface area (Å²) in [5.41, 5.74) is 1.82. The van der Waals surface area contributed by atoms with Gasteiger partial charge in [-0.2, -0.15) is 5.10 Å². The van der Waals surface area contributed by atoms with Crippen molar-refractivity contribution >= 4 is 5.78 Å². The van der Waals surface area contributed by atoms with Gasteiger partial charge in [0.15, 0.2) is 11.6 Å². The summed E-state index contributed by atoms with van der Waals surface area (Å²) in [5.74, 6) is 1.79. The number of carbonyl (C=O) groups is 1. The van der Waals surface area contributed by atoms with Crippen LogP contribution >= 0.6 is 0 Å². The van der Waals surface area contributed by atoms with Gasteiger partial charge in [0.1, 0.15) is 18.7 Å². The van der Waals surface area contributed by atoms with Crippen molar-refractivity contribution in [2.45, 2.75) is 32.9 Å². The van der Waals surface area contributed by atoms with Gasteiger partial charge >= 0.3 is 0 Å². The number of hydrogen-bond donors (Lipinski definition) is 0. The van der Waals surface area contributed by atoms with Crippen LogP contribution in [0.25, 0.3) is 0 Å². The summed E-state index contributed by atoms with van der Waals surface area (Å²) in [6, 6.07) is 5.64. The van der Waals surface area contributed by atoms with E-state index in [1.54, 1.807) is 4.68 Å². The van der Waals surface area contributed by atoms with Crippen molar-refractivity contribution in [3.05, 3.63) is 41.5 Å². The van der Waals surface area contributed by atoms with E-state index in [1.165, 1.54) is 6.33 Å². The lowest BCUT2D eigenvalue weighted by molar-refractivity contribution is 0.0994. The molecular formula is C14H15N3O2. The first-order chi connectivity index (χ1) is 9.29. The third-order valence-electron chi connectivity index (χ3n) is 3.39. The van der Waals surface area contributed by atoms with Crippen molar-refractivity contribution in [3.8, 4) is 5.75 Å². The lowest BCUT2D eigenvalue weighted by Gasteiger charge is -2.10. The molecule has 1 aliphatic carbocycles. The fraction of sp³-hybridized carbons (Fsp3) is 0.357. The van der Waals surface area contributed by atoms with Gasteiger partial charge in [0.25, 0.3) is 0 Å². The lowest BCUT2D eigenvalue weighted by Crippen LogP contribution is -2.08. The zero-order chi connectivity index (χ0) is 13.2. The molecule has 5 heteroatoms. The maximum Gasteiger partial charge on any atom is 0.164 e. The Labute approximate surface area is 111 Å². The second-order valence-corrected chi connectivity index (χ2v) is 4.49. The van der Waals surface area contributed by atoms with Crippen molar-refractivity contribution < 1.29 is 9.53 Å². The first-order valence-corrected chi connectivity index (χ1v) is 6.44. The SMILES string of the molecule is CCn1ncnc1COc1cccc2c1CCC2=O. The van der Waals surface area contributed by atoms with E-state index in [4.69, 9.17) is 4.74 Å². The average Bonchev–Trinajstić information content (AvgIpc) is 3.03. The van der Waals surface area contributed by atoms with Crippen LogP contribution in [0.1, 0.15) is 35.1 Å². The van der Waals surface area contributed by atoms with Gasteiger partial charge in [-0.25, -0.2) is 9.67 Å². The van der Waals surface area contributed by atoms with Gasteiger partial charge in [0.05, 0.1) is 0 Å². The summed E-state index contributed by atoms with van der Waals surface area (Å²) < 4.78 is 7.61. The molecule has 1 aliphatic rings. The van der Waals surface area contributed by atoms with Gasteiger partial charge in [-0.05, 0) is 19.4 Å². The molecule has 5 nitrogen and oxygen atoms in total. The Hall–Kier alpha value is -2.17. The zero-order valence-electron chi connectivity index (χ0n) is 10.8. The molecule has 0 saturated carbocycles. The van der Waals surface area contributed by atoms with Crippen LogP contribution in [0.5, 0.6) is 5.75 Å². The Morgan fingerprint density at radius 2 is 2.26 bits per heavy atom. The third kappa shape index (κ3) is 2.12. The Kier molecular flexibility index (Phi) is 3.03. The van der Waals surface area contributed by atoms with Crippen LogP contribution in [0.15, 0.2) is 24.5 Å². The first kappa shape index (κ1) is 11.9. The Balaban J connectivity index is 1.80. The topological polar surface area (TPSA) is 57.0 Å². The molecule has 1 aromatic heterocycles. The average molecular weight is 257 g/mol. The summed E-state index contributed by atoms with van der Waals surface area (Å²) in [5, 5.41) is 4.10. The van der Waals surface area contributed by atoms with E-state index in [2.05, 4.69) is 10.1 Å². The maximum atomic E-state index is 11.7. The van der Waals surface area contributed by atoms with E-state index in [9.17, 15) is 4.79 Å². The number of nitrogens with zero attached hydrogens (tertiary/aromatic N) is 3. The summed E-state index contributed by atoms with van der Waals surface area (Å²) in [4.78, 5) is 15.8. The Morgan fingerprint density at radius 1 is 1.37 bits per heavy atom. The van der Waals surface area contributed by atoms with Crippen molar-refractivity contribution in [1.29, 1.82) is 0 Å². The quantitative estimate of drug-likeness (QED) is 0.840. The summed E-state index contributed by atoms with van der Waals surface area (Å²) in [6.45, 7) is 3.15. The van der Waals surface area contributed by atoms with Gasteiger partial charge in [-0.3, -0.25) is 4.79 Å². The number of aromatic nitrogens is 3. The minimum atomic E-state index is 0.206. The molecule has 0 radical (unpaired) electrons. The van der Waals surface area contributed by atoms with Gasteiger partial charge in [0.2, 0.25) is 0 Å². The van der Waals surface area contributed by atoms with Gasteiger partial charge in [-0.15, -0.1) is 0 Å². The fourth-order valence-corrected chi connectivity index (χ4v) is 2.40. The molecule has 0 atom stereocenters. The molecule has 2 aromatic rings. The van der Waals surface area contributed by atoms with Crippen molar-refractivity contribution in [2.75, 3.05) is 0 Å². The van der Waals surface area contributed by atoms with Crippen LogP contribution in [0, 0.1) is 0 Å². The molecule has 98 valence electrons. The maximum absolute atomic E-state index is 11.7. The van der Waals surface area contributed by atoms with Crippen LogP contribution in [0.3, 0.4) is 0 Å². The number of fused-ring (bicyclic) bond motifs is 1. The van der Waals surface area contributed by atoms with Crippen molar-refractivity contribution in [2.24, 2.45) is 0 Å². The van der Waals surface area contributed by atoms with Gasteiger partial charge in [-0.1, -0.05) is 12.1 Å². The van der Waals surface area contributed by atoms with E-state index in [0.29, 0.717) is 13.0 Å². The predicted molar refractivity (Wildman–Crippen MR) is 69.1 cm³/mol. The van der Waals surface area contributed by atoms with Crippen LogP contribution in [-0.4, -0.2) is 20.5 Å². The summed E-state index contributed by atoms with van der Waals surface area (Å²) >= 11 is 0. The van der Waals surface area contributed by atoms with E-state index in [1.807, 2.05) is 25.1 Å². The first-order valence-electron chi connectivity index (χ1n) is 6.44. The largest absolute Gasteiger partial charge is 0.485 e. The van der Waals surface area contributed by atoms with Gasteiger partial charge < -0.3 is 4.74 Å². The fourth-order valence-electron chi connectivity index (χ4n) is 2.40. The number of ketones is 1. The minimum Gasteiger partial charge on any atom is -0.485 e. The third-order valence-corrected chi connectivity index (χ3v) is 3.39. The molecular weight excluding hydrogens is 242 g/mol. The number of Topliss-reactive ketones (excluding diaryl/α,β-unsaturated/α-hetero) is 1. The molecule has 0 aliphatic heterocycles. The number of rotatable bonds is 4. The number of hydrogen-bond acceptors (Lipinski definition) is 4. The standard InChI is InChI=1S/C14H15N3O2/c1-2-17-14(15-9-16-17)8-19-13-5-3-4-10-11(13)6-7-12(10)18/h3-5,9H,2,6-8H2,1H3. The second kappa shape index (κ2) is 4.84. The second-order valence-electron chi connectivity index (χ2n) is 4.49. The van der Waals surface area contributed by atoms with Crippen LogP contribution < -0.4 is 4.74 Å². The minimum absolute atomic E-state index is 0.206. The molecule has 0 N–H and O–H groups in total. The van der Waals surface area contributed by atoms with Crippen LogP contribution in [-0.2, 0) is 19.6 Å². The van der Waals surface area contributed by atoms with E-state index < -0.39 is 0 Å². The van der Waals surface area contributed by atoms with Crippen LogP contribution in [0.4, 0.5) is 0 Å². The summed E-state index contributed by atoms with van der Waals surface area (Å²) in [7, 11) is 0. The number of ether oxygens (including phenoxy) is 1. The van der Waals surface area contributed by atoms with Crippen molar-refractivity contribution in [1.82, 2.24) is 14.8 Å². The molecule has 0 bridgehead atoms. The molecule has 0 unspecified atom stereocenters. The highest BCUT2D eigenvalue weighted by Gasteiger charge is 2.22. The highest BCUT2D eigenvalue weighted by molar-refractivity contribution is 6.01. The molecule has 0 amide bonds. The monoisotopic (exact) mass is 257 g/mol.